The van der Waals surface area contributed by atoms with Gasteiger partial charge in [-0.3, -0.25) is 4.79 Å². The van der Waals surface area contributed by atoms with Crippen LogP contribution in [0.5, 0.6) is 5.75 Å². The summed E-state index contributed by atoms with van der Waals surface area (Å²) >= 11 is 0. The Hall–Kier alpha value is -2.82. The molecule has 0 radical (unpaired) electrons. The van der Waals surface area contributed by atoms with Gasteiger partial charge in [-0.15, -0.1) is 0 Å². The Bertz CT molecular complexity index is 948. The van der Waals surface area contributed by atoms with Gasteiger partial charge in [0.05, 0.1) is 12.8 Å². The van der Waals surface area contributed by atoms with Crippen LogP contribution in [-0.2, 0) is 4.79 Å². The second-order valence-electron chi connectivity index (χ2n) is 7.52. The van der Waals surface area contributed by atoms with Gasteiger partial charge in [0, 0.05) is 36.8 Å². The molecule has 2 heterocycles. The largest absolute Gasteiger partial charge is 0.496 e. The number of rotatable bonds is 10. The maximum atomic E-state index is 12.8. The van der Waals surface area contributed by atoms with E-state index >= 15 is 0 Å². The van der Waals surface area contributed by atoms with Crippen molar-refractivity contribution in [2.75, 3.05) is 13.7 Å². The van der Waals surface area contributed by atoms with E-state index in [1.54, 1.807) is 7.11 Å². The van der Waals surface area contributed by atoms with Crippen molar-refractivity contribution < 1.29 is 9.53 Å². The molecule has 1 aromatic carbocycles. The highest BCUT2D eigenvalue weighted by Crippen LogP contribution is 2.34. The smallest absolute Gasteiger partial charge is 0.221 e. The first-order chi connectivity index (χ1) is 14.1. The number of hydrogen-bond acceptors (Lipinski definition) is 3. The Morgan fingerprint density at radius 1 is 1.21 bits per heavy atom. The van der Waals surface area contributed by atoms with Crippen molar-refractivity contribution in [1.82, 2.24) is 14.7 Å². The molecule has 1 unspecified atom stereocenters. The fourth-order valence-electron chi connectivity index (χ4n) is 3.73. The zero-order valence-electron chi connectivity index (χ0n) is 17.6. The number of methoxy groups -OCH3 is 1. The monoisotopic (exact) mass is 393 g/mol. The number of carbonyl (C=O) groups excluding carboxylic acids is 1. The zero-order valence-corrected chi connectivity index (χ0v) is 17.6. The Morgan fingerprint density at radius 3 is 2.83 bits per heavy atom. The summed E-state index contributed by atoms with van der Waals surface area (Å²) in [7, 11) is 1.67. The Morgan fingerprint density at radius 2 is 2.03 bits per heavy atom. The summed E-state index contributed by atoms with van der Waals surface area (Å²) in [6.07, 6.45) is 8.83. The van der Waals surface area contributed by atoms with Crippen molar-refractivity contribution in [3.63, 3.8) is 0 Å². The van der Waals surface area contributed by atoms with Crippen molar-refractivity contribution in [2.24, 2.45) is 0 Å². The van der Waals surface area contributed by atoms with Gasteiger partial charge in [-0.05, 0) is 37.1 Å². The van der Waals surface area contributed by atoms with Crippen LogP contribution in [0.2, 0.25) is 0 Å². The molecule has 0 aliphatic heterocycles. The number of para-hydroxylation sites is 1. The molecule has 1 atom stereocenters. The van der Waals surface area contributed by atoms with Crippen LogP contribution in [0, 0.1) is 6.92 Å². The number of nitrogens with zero attached hydrogens (tertiary/aromatic N) is 2. The number of ether oxygens (including phenoxy) is 1. The summed E-state index contributed by atoms with van der Waals surface area (Å²) in [5.41, 5.74) is 4.04. The molecule has 0 aliphatic carbocycles. The summed E-state index contributed by atoms with van der Waals surface area (Å²) in [4.78, 5) is 17.3. The molecule has 5 heteroatoms. The van der Waals surface area contributed by atoms with Gasteiger partial charge < -0.3 is 14.5 Å². The minimum atomic E-state index is -0.139. The number of aryl methyl sites for hydroxylation is 1. The van der Waals surface area contributed by atoms with Crippen molar-refractivity contribution in [2.45, 2.75) is 51.9 Å². The van der Waals surface area contributed by atoms with Crippen LogP contribution in [-0.4, -0.2) is 28.9 Å². The van der Waals surface area contributed by atoms with E-state index in [0.29, 0.717) is 6.42 Å². The molecule has 29 heavy (non-hydrogen) atoms. The van der Waals surface area contributed by atoms with Crippen LogP contribution in [0.3, 0.4) is 0 Å². The van der Waals surface area contributed by atoms with Crippen LogP contribution in [0.25, 0.3) is 5.65 Å². The highest BCUT2D eigenvalue weighted by atomic mass is 16.5. The number of hydrogen-bond donors (Lipinski definition) is 1. The maximum Gasteiger partial charge on any atom is 0.221 e. The average molecular weight is 394 g/mol. The SMILES string of the molecule is CCCCCCNC(=O)CC(c1ccccc1OC)c1cnc2cc(C)ccn12. The number of unbranched alkanes of at least 4 members (excludes halogenated alkanes) is 3. The molecule has 3 aromatic rings. The van der Waals surface area contributed by atoms with Gasteiger partial charge in [0.2, 0.25) is 5.91 Å². The predicted octanol–water partition coefficient (Wildman–Crippen LogP) is 4.87. The van der Waals surface area contributed by atoms with E-state index in [2.05, 4.69) is 40.7 Å². The third-order valence-corrected chi connectivity index (χ3v) is 5.31. The van der Waals surface area contributed by atoms with Gasteiger partial charge in [-0.1, -0.05) is 44.4 Å². The highest BCUT2D eigenvalue weighted by molar-refractivity contribution is 5.77. The Balaban J connectivity index is 1.87. The second-order valence-corrected chi connectivity index (χ2v) is 7.52. The first kappa shape index (κ1) is 20.9. The molecule has 5 nitrogen and oxygen atoms in total. The minimum absolute atomic E-state index is 0.0551. The van der Waals surface area contributed by atoms with Gasteiger partial charge in [0.25, 0.3) is 0 Å². The van der Waals surface area contributed by atoms with E-state index in [1.807, 2.05) is 36.7 Å². The number of aromatic nitrogens is 2. The van der Waals surface area contributed by atoms with Gasteiger partial charge in [-0.2, -0.15) is 0 Å². The number of amides is 1. The predicted molar refractivity (Wildman–Crippen MR) is 117 cm³/mol. The van der Waals surface area contributed by atoms with Crippen LogP contribution in [0.4, 0.5) is 0 Å². The summed E-state index contributed by atoms with van der Waals surface area (Å²) in [5.74, 6) is 0.703. The van der Waals surface area contributed by atoms with Gasteiger partial charge in [-0.25, -0.2) is 4.98 Å². The zero-order chi connectivity index (χ0) is 20.6. The number of benzene rings is 1. The van der Waals surface area contributed by atoms with E-state index in [1.165, 1.54) is 12.8 Å². The van der Waals surface area contributed by atoms with E-state index in [-0.39, 0.29) is 11.8 Å². The molecule has 0 spiro atoms. The molecule has 0 aliphatic rings. The Kier molecular flexibility index (Phi) is 7.28. The molecule has 2 aromatic heterocycles. The lowest BCUT2D eigenvalue weighted by atomic mass is 9.91. The van der Waals surface area contributed by atoms with Crippen molar-refractivity contribution in [3.05, 3.63) is 65.6 Å². The first-order valence-electron chi connectivity index (χ1n) is 10.5. The van der Waals surface area contributed by atoms with Crippen LogP contribution in [0.1, 0.15) is 61.8 Å². The quantitative estimate of drug-likeness (QED) is 0.500. The van der Waals surface area contributed by atoms with E-state index in [4.69, 9.17) is 4.74 Å². The third-order valence-electron chi connectivity index (χ3n) is 5.31. The molecule has 3 rings (SSSR count). The molecule has 0 saturated carbocycles. The molecule has 1 N–H and O–H groups in total. The minimum Gasteiger partial charge on any atom is -0.496 e. The van der Waals surface area contributed by atoms with Gasteiger partial charge in [0.1, 0.15) is 11.4 Å². The molecule has 1 amide bonds. The summed E-state index contributed by atoms with van der Waals surface area (Å²) in [6.45, 7) is 4.97. The van der Waals surface area contributed by atoms with Crippen molar-refractivity contribution in [1.29, 1.82) is 0 Å². The van der Waals surface area contributed by atoms with E-state index < -0.39 is 0 Å². The van der Waals surface area contributed by atoms with Crippen LogP contribution >= 0.6 is 0 Å². The molecule has 0 saturated heterocycles. The molecule has 0 bridgehead atoms. The van der Waals surface area contributed by atoms with Crippen LogP contribution < -0.4 is 10.1 Å². The number of carbonyl (C=O) groups is 1. The van der Waals surface area contributed by atoms with Crippen molar-refractivity contribution in [3.8, 4) is 5.75 Å². The Labute approximate surface area is 173 Å². The normalized spacial score (nSPS) is 12.1. The summed E-state index contributed by atoms with van der Waals surface area (Å²) in [5, 5.41) is 3.09. The van der Waals surface area contributed by atoms with E-state index in [0.717, 1.165) is 47.6 Å². The number of nitrogens with one attached hydrogen (secondary N) is 1. The molecular formula is C24H31N3O2. The second kappa shape index (κ2) is 10.1. The van der Waals surface area contributed by atoms with Crippen molar-refractivity contribution >= 4 is 11.6 Å². The molecule has 0 fully saturated rings. The lowest BCUT2D eigenvalue weighted by molar-refractivity contribution is -0.121. The standard InChI is InChI=1S/C24H31N3O2/c1-4-5-6-9-13-25-24(28)16-20(19-10-7-8-11-22(19)29-3)21-17-26-23-15-18(2)12-14-27(21)23/h7-8,10-12,14-15,17,20H,4-6,9,13,16H2,1-3H3,(H,25,28). The van der Waals surface area contributed by atoms with Gasteiger partial charge >= 0.3 is 0 Å². The number of imidazole rings is 1. The molecule has 154 valence electrons. The van der Waals surface area contributed by atoms with Gasteiger partial charge in [0.15, 0.2) is 0 Å². The fraction of sp³-hybridized carbons (Fsp3) is 0.417. The maximum absolute atomic E-state index is 12.8. The topological polar surface area (TPSA) is 55.6 Å². The fourth-order valence-corrected chi connectivity index (χ4v) is 3.73. The first-order valence-corrected chi connectivity index (χ1v) is 10.5. The molecular weight excluding hydrogens is 362 g/mol. The lowest BCUT2D eigenvalue weighted by Crippen LogP contribution is -2.26. The average Bonchev–Trinajstić information content (AvgIpc) is 3.14. The van der Waals surface area contributed by atoms with Crippen LogP contribution in [0.15, 0.2) is 48.8 Å². The number of fused-ring (bicyclic) bond motifs is 1. The lowest BCUT2D eigenvalue weighted by Gasteiger charge is -2.20. The highest BCUT2D eigenvalue weighted by Gasteiger charge is 2.24. The summed E-state index contributed by atoms with van der Waals surface area (Å²) in [6, 6.07) is 12.0. The third kappa shape index (κ3) is 5.17. The number of pyridine rings is 1. The van der Waals surface area contributed by atoms with E-state index in [9.17, 15) is 4.79 Å². The summed E-state index contributed by atoms with van der Waals surface area (Å²) < 4.78 is 7.67.